The highest BCUT2D eigenvalue weighted by Crippen LogP contribution is 2.63. The summed E-state index contributed by atoms with van der Waals surface area (Å²) in [5.74, 6) is -3.62. The Hall–Kier alpha value is -4.04. The molecular weight excluding hydrogens is 596 g/mol. The molecule has 2 heterocycles. The van der Waals surface area contributed by atoms with Gasteiger partial charge in [-0.15, -0.1) is 0 Å². The van der Waals surface area contributed by atoms with E-state index in [0.29, 0.717) is 29.8 Å². The van der Waals surface area contributed by atoms with Crippen LogP contribution in [0.15, 0.2) is 88.9 Å². The number of fused-ring (bicyclic) bond motifs is 4. The van der Waals surface area contributed by atoms with Crippen LogP contribution in [0.2, 0.25) is 0 Å². The molecule has 4 aliphatic rings. The quantitative estimate of drug-likeness (QED) is 0.289. The first kappa shape index (κ1) is 26.8. The van der Waals surface area contributed by atoms with Gasteiger partial charge in [-0.25, -0.2) is 4.90 Å². The summed E-state index contributed by atoms with van der Waals surface area (Å²) in [6.07, 6.45) is 2.73. The van der Waals surface area contributed by atoms with Crippen molar-refractivity contribution >= 4 is 50.9 Å². The number of hydrogen-bond donors (Lipinski definition) is 1. The molecule has 3 fully saturated rings. The van der Waals surface area contributed by atoms with Gasteiger partial charge in [0.15, 0.2) is 0 Å². The standard InChI is InChI=1S/C34H29BrN2O5/c1-18-16-19(8-15-27(18)38)29-23-13-14-24-28(32(41)36(30(24)39)22-11-9-20(35)10-12-22)25(23)17-26-31(40)37(33(42)34(26,29)2)21-6-4-3-5-7-21/h3-13,15-16,24-26,28-29,38H,14,17H2,1-2H3/t24-,25+,26-,28-,29-,34+/m0/s1. The van der Waals surface area contributed by atoms with Crippen molar-refractivity contribution in [3.63, 3.8) is 0 Å². The molecule has 0 radical (unpaired) electrons. The zero-order valence-electron chi connectivity index (χ0n) is 23.2. The Bertz CT molecular complexity index is 1700. The SMILES string of the molecule is Cc1cc([C@H]2C3=CC[C@@H]4C(=O)N(c5ccc(Br)cc5)C(=O)[C@@H]4[C@@H]3C[C@H]3C(=O)N(c4ccccc4)C(=O)[C@@]23C)ccc1O. The molecule has 1 saturated carbocycles. The van der Waals surface area contributed by atoms with E-state index < -0.39 is 29.1 Å². The van der Waals surface area contributed by atoms with Crippen LogP contribution in [0, 0.1) is 36.0 Å². The van der Waals surface area contributed by atoms with Crippen molar-refractivity contribution in [1.82, 2.24) is 0 Å². The predicted octanol–water partition coefficient (Wildman–Crippen LogP) is 5.90. The van der Waals surface area contributed by atoms with Gasteiger partial charge in [0.05, 0.1) is 34.5 Å². The van der Waals surface area contributed by atoms with Crippen LogP contribution in [0.5, 0.6) is 5.75 Å². The minimum Gasteiger partial charge on any atom is -0.508 e. The van der Waals surface area contributed by atoms with Gasteiger partial charge >= 0.3 is 0 Å². The van der Waals surface area contributed by atoms with Crippen molar-refractivity contribution in [1.29, 1.82) is 0 Å². The number of halogens is 1. The Balaban J connectivity index is 1.37. The zero-order valence-corrected chi connectivity index (χ0v) is 24.7. The lowest BCUT2D eigenvalue weighted by Crippen LogP contribution is -2.48. The molecule has 0 unspecified atom stereocenters. The van der Waals surface area contributed by atoms with Gasteiger partial charge in [-0.2, -0.15) is 0 Å². The van der Waals surface area contributed by atoms with Gasteiger partial charge < -0.3 is 5.11 Å². The number of anilines is 2. The third kappa shape index (κ3) is 3.63. The number of carbonyl (C=O) groups excluding carboxylic acids is 4. The first-order chi connectivity index (χ1) is 20.1. The van der Waals surface area contributed by atoms with E-state index >= 15 is 0 Å². The molecule has 42 heavy (non-hydrogen) atoms. The maximum Gasteiger partial charge on any atom is 0.241 e. The number of aromatic hydroxyl groups is 1. The molecule has 8 heteroatoms. The second kappa shape index (κ2) is 9.49. The van der Waals surface area contributed by atoms with Crippen molar-refractivity contribution in [2.75, 3.05) is 9.80 Å². The summed E-state index contributed by atoms with van der Waals surface area (Å²) < 4.78 is 0.845. The third-order valence-corrected chi connectivity index (χ3v) is 10.5. The van der Waals surface area contributed by atoms with Crippen LogP contribution >= 0.6 is 15.9 Å². The highest BCUT2D eigenvalue weighted by molar-refractivity contribution is 9.10. The van der Waals surface area contributed by atoms with Gasteiger partial charge in [0.1, 0.15) is 5.75 Å². The Kier molecular flexibility index (Phi) is 6.06. The first-order valence-corrected chi connectivity index (χ1v) is 15.0. The van der Waals surface area contributed by atoms with E-state index in [9.17, 15) is 24.3 Å². The number of phenolic OH excluding ortho intramolecular Hbond substituents is 1. The molecule has 6 atom stereocenters. The fourth-order valence-corrected chi connectivity index (χ4v) is 8.19. The summed E-state index contributed by atoms with van der Waals surface area (Å²) in [6.45, 7) is 3.67. The van der Waals surface area contributed by atoms with Gasteiger partial charge in [-0.1, -0.05) is 57.9 Å². The number of nitrogens with zero attached hydrogens (tertiary/aromatic N) is 2. The molecule has 3 aromatic rings. The Labute approximate surface area is 251 Å². The van der Waals surface area contributed by atoms with Crippen LogP contribution in [0.1, 0.15) is 36.8 Å². The summed E-state index contributed by atoms with van der Waals surface area (Å²) in [4.78, 5) is 58.9. The summed E-state index contributed by atoms with van der Waals surface area (Å²) in [5, 5.41) is 10.3. The maximum absolute atomic E-state index is 14.4. The second-order valence-electron chi connectivity index (χ2n) is 12.0. The first-order valence-electron chi connectivity index (χ1n) is 14.2. The van der Waals surface area contributed by atoms with Crippen LogP contribution in [-0.4, -0.2) is 28.7 Å². The van der Waals surface area contributed by atoms with E-state index in [2.05, 4.69) is 15.9 Å². The van der Waals surface area contributed by atoms with Gasteiger partial charge in [0, 0.05) is 10.4 Å². The number of rotatable bonds is 3. The fourth-order valence-electron chi connectivity index (χ4n) is 7.92. The van der Waals surface area contributed by atoms with Gasteiger partial charge in [0.2, 0.25) is 23.6 Å². The van der Waals surface area contributed by atoms with E-state index in [4.69, 9.17) is 0 Å². The Morgan fingerprint density at radius 1 is 0.833 bits per heavy atom. The van der Waals surface area contributed by atoms with Crippen molar-refractivity contribution < 1.29 is 24.3 Å². The van der Waals surface area contributed by atoms with Crippen LogP contribution in [-0.2, 0) is 19.2 Å². The van der Waals surface area contributed by atoms with Crippen molar-refractivity contribution in [3.05, 3.63) is 100 Å². The molecule has 0 spiro atoms. The van der Waals surface area contributed by atoms with E-state index in [1.807, 2.05) is 31.2 Å². The minimum atomic E-state index is -1.11. The van der Waals surface area contributed by atoms with Crippen LogP contribution < -0.4 is 9.80 Å². The molecule has 4 amide bonds. The van der Waals surface area contributed by atoms with E-state index in [1.165, 1.54) is 9.80 Å². The molecule has 3 aromatic carbocycles. The monoisotopic (exact) mass is 624 g/mol. The molecular formula is C34H29BrN2O5. The number of hydrogen-bond acceptors (Lipinski definition) is 5. The molecule has 2 aliphatic heterocycles. The van der Waals surface area contributed by atoms with Crippen molar-refractivity contribution in [2.45, 2.75) is 32.6 Å². The topological polar surface area (TPSA) is 95.0 Å². The lowest BCUT2D eigenvalue weighted by atomic mass is 9.51. The lowest BCUT2D eigenvalue weighted by Gasteiger charge is -2.49. The summed E-state index contributed by atoms with van der Waals surface area (Å²) in [6, 6.07) is 21.4. The normalized spacial score (nSPS) is 30.3. The van der Waals surface area contributed by atoms with E-state index in [-0.39, 0.29) is 35.3 Å². The van der Waals surface area contributed by atoms with Crippen LogP contribution in [0.4, 0.5) is 11.4 Å². The van der Waals surface area contributed by atoms with E-state index in [1.54, 1.807) is 61.5 Å². The molecule has 7 rings (SSSR count). The molecule has 7 nitrogen and oxygen atoms in total. The van der Waals surface area contributed by atoms with Gasteiger partial charge in [-0.3, -0.25) is 24.1 Å². The minimum absolute atomic E-state index is 0.145. The smallest absolute Gasteiger partial charge is 0.241 e. The third-order valence-electron chi connectivity index (χ3n) is 9.93. The summed E-state index contributed by atoms with van der Waals surface area (Å²) in [5.41, 5.74) is 2.33. The predicted molar refractivity (Wildman–Crippen MR) is 161 cm³/mol. The highest BCUT2D eigenvalue weighted by Gasteiger charge is 2.67. The molecule has 2 saturated heterocycles. The van der Waals surface area contributed by atoms with Gasteiger partial charge in [-0.05, 0) is 86.2 Å². The average molecular weight is 626 g/mol. The molecule has 1 N–H and O–H groups in total. The Morgan fingerprint density at radius 3 is 2.21 bits per heavy atom. The maximum atomic E-state index is 14.4. The van der Waals surface area contributed by atoms with Crippen molar-refractivity contribution in [2.24, 2.45) is 29.1 Å². The molecule has 212 valence electrons. The molecule has 2 aliphatic carbocycles. The number of imide groups is 2. The lowest BCUT2D eigenvalue weighted by molar-refractivity contribution is -0.131. The highest BCUT2D eigenvalue weighted by atomic mass is 79.9. The van der Waals surface area contributed by atoms with Crippen LogP contribution in [0.3, 0.4) is 0 Å². The van der Waals surface area contributed by atoms with Crippen molar-refractivity contribution in [3.8, 4) is 5.75 Å². The Morgan fingerprint density at radius 2 is 1.52 bits per heavy atom. The second-order valence-corrected chi connectivity index (χ2v) is 12.9. The number of allylic oxidation sites excluding steroid dienone is 2. The fraction of sp³-hybridized carbons (Fsp3) is 0.294. The largest absolute Gasteiger partial charge is 0.508 e. The number of amides is 4. The average Bonchev–Trinajstić information content (AvgIpc) is 3.35. The van der Waals surface area contributed by atoms with Crippen LogP contribution in [0.25, 0.3) is 0 Å². The summed E-state index contributed by atoms with van der Waals surface area (Å²) >= 11 is 3.42. The number of phenols is 1. The number of aryl methyl sites for hydroxylation is 1. The number of para-hydroxylation sites is 1. The van der Waals surface area contributed by atoms with Gasteiger partial charge in [0.25, 0.3) is 0 Å². The zero-order chi connectivity index (χ0) is 29.5. The molecule has 0 aromatic heterocycles. The number of benzene rings is 3. The van der Waals surface area contributed by atoms with E-state index in [0.717, 1.165) is 15.6 Å². The number of carbonyl (C=O) groups is 4. The molecule has 0 bridgehead atoms. The summed E-state index contributed by atoms with van der Waals surface area (Å²) in [7, 11) is 0.